The molecule has 3 aromatic heterocycles. The van der Waals surface area contributed by atoms with Gasteiger partial charge in [-0.2, -0.15) is 0 Å². The molecule has 0 N–H and O–H groups in total. The zero-order valence-corrected chi connectivity index (χ0v) is 29.7. The molecule has 4 nitrogen and oxygen atoms in total. The molecule has 0 radical (unpaired) electrons. The highest BCUT2D eigenvalue weighted by molar-refractivity contribution is 7.25. The standard InChI is InChI=1S/C47H34N4S/c1-29-26-32(35-20-13-25-41-42(35)38-19-9-10-24-40(38)52-41)28-33(27-29)46-48-45(31-15-5-3-6-16-31)49-47(50-46)39-23-12-22-37-36-21-11-14-30(2)43(36)51(44(37)39)34-17-7-4-8-18-34/h3-13,15-28,30H,14H2,1-2H3. The highest BCUT2D eigenvalue weighted by atomic mass is 32.1. The number of allylic oxidation sites excluding steroid dienone is 1. The number of aryl methyl sites for hydroxylation is 1. The highest BCUT2D eigenvalue weighted by Crippen LogP contribution is 2.44. The molecule has 3 heterocycles. The zero-order valence-electron chi connectivity index (χ0n) is 28.9. The summed E-state index contributed by atoms with van der Waals surface area (Å²) in [5, 5.41) is 3.79. The predicted octanol–water partition coefficient (Wildman–Crippen LogP) is 12.7. The van der Waals surface area contributed by atoms with Crippen LogP contribution >= 0.6 is 11.3 Å². The van der Waals surface area contributed by atoms with E-state index in [1.165, 1.54) is 42.4 Å². The topological polar surface area (TPSA) is 43.6 Å². The minimum absolute atomic E-state index is 0.366. The first-order chi connectivity index (χ1) is 25.6. The van der Waals surface area contributed by atoms with Crippen LogP contribution in [0.2, 0.25) is 0 Å². The lowest BCUT2D eigenvalue weighted by Crippen LogP contribution is -2.07. The summed E-state index contributed by atoms with van der Waals surface area (Å²) in [6, 6.07) is 49.6. The maximum absolute atomic E-state index is 5.34. The van der Waals surface area contributed by atoms with Crippen LogP contribution in [0.3, 0.4) is 0 Å². The van der Waals surface area contributed by atoms with E-state index in [0.29, 0.717) is 23.4 Å². The predicted molar refractivity (Wildman–Crippen MR) is 218 cm³/mol. The molecule has 0 aliphatic heterocycles. The highest BCUT2D eigenvalue weighted by Gasteiger charge is 2.26. The van der Waals surface area contributed by atoms with Gasteiger partial charge in [-0.05, 0) is 72.5 Å². The first kappa shape index (κ1) is 30.6. The van der Waals surface area contributed by atoms with Gasteiger partial charge in [0.05, 0.1) is 5.52 Å². The Morgan fingerprint density at radius 1 is 0.596 bits per heavy atom. The largest absolute Gasteiger partial charge is 0.312 e. The lowest BCUT2D eigenvalue weighted by Gasteiger charge is -2.20. The van der Waals surface area contributed by atoms with Crippen molar-refractivity contribution in [1.82, 2.24) is 19.5 Å². The molecule has 0 fully saturated rings. The molecule has 9 aromatic rings. The van der Waals surface area contributed by atoms with Gasteiger partial charge in [0.15, 0.2) is 17.5 Å². The van der Waals surface area contributed by atoms with Crippen LogP contribution in [0.25, 0.3) is 88.1 Å². The number of rotatable bonds is 5. The summed E-state index contributed by atoms with van der Waals surface area (Å²) in [5.41, 5.74) is 11.3. The molecule has 0 saturated carbocycles. The van der Waals surface area contributed by atoms with Crippen molar-refractivity contribution in [3.05, 3.63) is 162 Å². The van der Waals surface area contributed by atoms with Gasteiger partial charge in [0.1, 0.15) is 0 Å². The van der Waals surface area contributed by atoms with E-state index in [0.717, 1.165) is 45.4 Å². The number of thiophene rings is 1. The first-order valence-electron chi connectivity index (χ1n) is 17.8. The summed E-state index contributed by atoms with van der Waals surface area (Å²) in [7, 11) is 0. The van der Waals surface area contributed by atoms with Crippen molar-refractivity contribution < 1.29 is 0 Å². The summed E-state index contributed by atoms with van der Waals surface area (Å²) in [4.78, 5) is 15.7. The van der Waals surface area contributed by atoms with Crippen LogP contribution in [0.15, 0.2) is 146 Å². The summed E-state index contributed by atoms with van der Waals surface area (Å²) in [5.74, 6) is 2.34. The van der Waals surface area contributed by atoms with E-state index in [-0.39, 0.29) is 0 Å². The van der Waals surface area contributed by atoms with E-state index in [9.17, 15) is 0 Å². The Bertz CT molecular complexity index is 2850. The maximum Gasteiger partial charge on any atom is 0.166 e. The monoisotopic (exact) mass is 686 g/mol. The molecule has 5 heteroatoms. The third-order valence-corrected chi connectivity index (χ3v) is 11.4. The molecule has 1 aliphatic rings. The Hall–Kier alpha value is -6.17. The molecule has 10 rings (SSSR count). The lowest BCUT2D eigenvalue weighted by molar-refractivity contribution is 0.723. The maximum atomic E-state index is 5.34. The number of benzene rings is 6. The SMILES string of the molecule is Cc1cc(-c2nc(-c3ccccc3)nc(-c3cccc4c5c(n(-c6ccccc6)c34)C(C)CC=C5)n2)cc(-c2cccc3sc4ccccc4c23)c1. The fraction of sp³-hybridized carbons (Fsp3) is 0.0851. The molecule has 1 unspecified atom stereocenters. The van der Waals surface area contributed by atoms with Crippen LogP contribution < -0.4 is 0 Å². The van der Waals surface area contributed by atoms with Gasteiger partial charge in [0, 0.05) is 65.1 Å². The van der Waals surface area contributed by atoms with E-state index < -0.39 is 0 Å². The molecular formula is C47H34N4S. The van der Waals surface area contributed by atoms with E-state index in [4.69, 9.17) is 15.0 Å². The fourth-order valence-electron chi connectivity index (χ4n) is 7.99. The summed E-state index contributed by atoms with van der Waals surface area (Å²) < 4.78 is 5.03. The average Bonchev–Trinajstić information content (AvgIpc) is 3.75. The number of hydrogen-bond donors (Lipinski definition) is 0. The van der Waals surface area contributed by atoms with Crippen LogP contribution in [0.1, 0.15) is 36.1 Å². The van der Waals surface area contributed by atoms with Crippen molar-refractivity contribution in [2.45, 2.75) is 26.2 Å². The van der Waals surface area contributed by atoms with Gasteiger partial charge < -0.3 is 4.57 Å². The summed E-state index contributed by atoms with van der Waals surface area (Å²) in [6.45, 7) is 4.48. The second-order valence-electron chi connectivity index (χ2n) is 13.7. The number of hydrogen-bond acceptors (Lipinski definition) is 4. The zero-order chi connectivity index (χ0) is 34.8. The van der Waals surface area contributed by atoms with Gasteiger partial charge in [0.25, 0.3) is 0 Å². The van der Waals surface area contributed by atoms with Crippen molar-refractivity contribution in [2.75, 3.05) is 0 Å². The molecular weight excluding hydrogens is 653 g/mol. The molecule has 0 bridgehead atoms. The average molecular weight is 687 g/mol. The Kier molecular flexibility index (Phi) is 7.22. The van der Waals surface area contributed by atoms with E-state index in [1.54, 1.807) is 0 Å². The smallest absolute Gasteiger partial charge is 0.166 e. The van der Waals surface area contributed by atoms with Crippen molar-refractivity contribution in [3.63, 3.8) is 0 Å². The van der Waals surface area contributed by atoms with Gasteiger partial charge in [-0.3, -0.25) is 0 Å². The molecule has 248 valence electrons. The van der Waals surface area contributed by atoms with Crippen molar-refractivity contribution >= 4 is 48.5 Å². The van der Waals surface area contributed by atoms with Crippen molar-refractivity contribution in [3.8, 4) is 51.0 Å². The molecule has 1 atom stereocenters. The fourth-order valence-corrected chi connectivity index (χ4v) is 9.13. The second kappa shape index (κ2) is 12.3. The molecule has 6 aromatic carbocycles. The van der Waals surface area contributed by atoms with Gasteiger partial charge in [-0.25, -0.2) is 15.0 Å². The third-order valence-electron chi connectivity index (χ3n) is 10.3. The number of nitrogens with zero attached hydrogens (tertiary/aromatic N) is 4. The Morgan fingerprint density at radius 3 is 2.10 bits per heavy atom. The van der Waals surface area contributed by atoms with Gasteiger partial charge in [-0.15, -0.1) is 11.3 Å². The lowest BCUT2D eigenvalue weighted by atomic mass is 9.93. The minimum Gasteiger partial charge on any atom is -0.312 e. The third kappa shape index (κ3) is 5.00. The molecule has 0 spiro atoms. The van der Waals surface area contributed by atoms with Crippen LogP contribution in [0.4, 0.5) is 0 Å². The number of fused-ring (bicyclic) bond motifs is 6. The minimum atomic E-state index is 0.366. The Morgan fingerprint density at radius 2 is 1.25 bits per heavy atom. The number of aromatic nitrogens is 4. The summed E-state index contributed by atoms with van der Waals surface area (Å²) >= 11 is 1.85. The van der Waals surface area contributed by atoms with Gasteiger partial charge >= 0.3 is 0 Å². The van der Waals surface area contributed by atoms with Crippen LogP contribution in [0.5, 0.6) is 0 Å². The van der Waals surface area contributed by atoms with Crippen LogP contribution in [-0.2, 0) is 0 Å². The Balaban J connectivity index is 1.23. The molecule has 0 amide bonds. The quantitative estimate of drug-likeness (QED) is 0.181. The van der Waals surface area contributed by atoms with Gasteiger partial charge in [0.2, 0.25) is 0 Å². The first-order valence-corrected chi connectivity index (χ1v) is 18.7. The Labute approximate surface area is 306 Å². The molecule has 52 heavy (non-hydrogen) atoms. The molecule has 0 saturated heterocycles. The summed E-state index contributed by atoms with van der Waals surface area (Å²) in [6.07, 6.45) is 5.60. The van der Waals surface area contributed by atoms with E-state index in [1.807, 2.05) is 29.5 Å². The van der Waals surface area contributed by atoms with Crippen molar-refractivity contribution in [2.24, 2.45) is 0 Å². The van der Waals surface area contributed by atoms with E-state index >= 15 is 0 Å². The molecule has 1 aliphatic carbocycles. The van der Waals surface area contributed by atoms with Crippen LogP contribution in [0, 0.1) is 6.92 Å². The normalized spacial score (nSPS) is 14.0. The van der Waals surface area contributed by atoms with Crippen LogP contribution in [-0.4, -0.2) is 19.5 Å². The van der Waals surface area contributed by atoms with E-state index in [2.05, 4.69) is 152 Å². The number of para-hydroxylation sites is 2. The van der Waals surface area contributed by atoms with Crippen molar-refractivity contribution in [1.29, 1.82) is 0 Å². The second-order valence-corrected chi connectivity index (χ2v) is 14.8. The van der Waals surface area contributed by atoms with Gasteiger partial charge in [-0.1, -0.05) is 116 Å².